The van der Waals surface area contributed by atoms with Crippen LogP contribution in [0.4, 0.5) is 30.2 Å². The number of carbonyl (C=O) groups is 1. The lowest BCUT2D eigenvalue weighted by atomic mass is 10.1. The Balaban J connectivity index is 1.77. The third-order valence-corrected chi connectivity index (χ3v) is 5.91. The van der Waals surface area contributed by atoms with Crippen LogP contribution in [-0.4, -0.2) is 33.6 Å². The van der Waals surface area contributed by atoms with Gasteiger partial charge < -0.3 is 10.2 Å². The highest BCUT2D eigenvalue weighted by molar-refractivity contribution is 7.92. The number of rotatable bonds is 5. The highest BCUT2D eigenvalue weighted by Crippen LogP contribution is 2.30. The van der Waals surface area contributed by atoms with Gasteiger partial charge in [-0.2, -0.15) is 13.2 Å². The molecule has 1 aliphatic heterocycles. The smallest absolute Gasteiger partial charge is 0.370 e. The summed E-state index contributed by atoms with van der Waals surface area (Å²) in [5.74, 6) is -2.12. The molecule has 0 bridgehead atoms. The molecule has 1 fully saturated rings. The molecule has 0 atom stereocenters. The molecule has 0 aliphatic carbocycles. The standard InChI is InChI=1S/C19H20F3N3O3S/c20-19(21,22)18(26)23-14-8-10-15(11-9-14)29(27,28)24-16-6-2-3-7-17(16)25-12-4-1-5-13-25/h2-3,6-11,24H,1,4-5,12-13H2,(H,23,26). The molecular weight excluding hydrogens is 407 g/mol. The highest BCUT2D eigenvalue weighted by Gasteiger charge is 2.38. The third-order valence-electron chi connectivity index (χ3n) is 4.53. The number of para-hydroxylation sites is 2. The van der Waals surface area contributed by atoms with E-state index in [4.69, 9.17) is 0 Å². The van der Waals surface area contributed by atoms with Crippen LogP contribution in [0.5, 0.6) is 0 Å². The van der Waals surface area contributed by atoms with E-state index in [1.807, 2.05) is 12.1 Å². The van der Waals surface area contributed by atoms with Gasteiger partial charge >= 0.3 is 12.1 Å². The summed E-state index contributed by atoms with van der Waals surface area (Å²) in [4.78, 5) is 13.0. The number of anilines is 3. The van der Waals surface area contributed by atoms with E-state index in [0.717, 1.165) is 62.3 Å². The van der Waals surface area contributed by atoms with Gasteiger partial charge in [-0.05, 0) is 55.7 Å². The lowest BCUT2D eigenvalue weighted by Gasteiger charge is -2.30. The number of carbonyl (C=O) groups excluding carboxylic acids is 1. The van der Waals surface area contributed by atoms with E-state index >= 15 is 0 Å². The average Bonchev–Trinajstić information content (AvgIpc) is 2.68. The number of nitrogens with one attached hydrogen (secondary N) is 2. The van der Waals surface area contributed by atoms with Gasteiger partial charge in [0.15, 0.2) is 0 Å². The summed E-state index contributed by atoms with van der Waals surface area (Å²) in [6.45, 7) is 1.68. The van der Waals surface area contributed by atoms with Crippen molar-refractivity contribution in [2.75, 3.05) is 28.0 Å². The predicted octanol–water partition coefficient (Wildman–Crippen LogP) is 3.98. The van der Waals surface area contributed by atoms with Crippen molar-refractivity contribution in [3.63, 3.8) is 0 Å². The van der Waals surface area contributed by atoms with Gasteiger partial charge in [-0.25, -0.2) is 8.42 Å². The lowest BCUT2D eigenvalue weighted by molar-refractivity contribution is -0.167. The van der Waals surface area contributed by atoms with Crippen molar-refractivity contribution >= 4 is 33.0 Å². The molecule has 0 saturated carbocycles. The Kier molecular flexibility index (Phi) is 6.02. The maximum Gasteiger partial charge on any atom is 0.471 e. The van der Waals surface area contributed by atoms with Crippen molar-refractivity contribution in [1.29, 1.82) is 0 Å². The van der Waals surface area contributed by atoms with E-state index in [9.17, 15) is 26.4 Å². The molecule has 156 valence electrons. The molecule has 6 nitrogen and oxygen atoms in total. The first-order valence-electron chi connectivity index (χ1n) is 9.02. The molecule has 1 heterocycles. The number of hydrogen-bond acceptors (Lipinski definition) is 4. The maximum absolute atomic E-state index is 12.7. The Morgan fingerprint density at radius 1 is 0.931 bits per heavy atom. The first kappa shape index (κ1) is 21.0. The molecule has 1 amide bonds. The summed E-state index contributed by atoms with van der Waals surface area (Å²) in [5.41, 5.74) is 1.06. The van der Waals surface area contributed by atoms with E-state index < -0.39 is 22.1 Å². The zero-order valence-electron chi connectivity index (χ0n) is 15.4. The largest absolute Gasteiger partial charge is 0.471 e. The Labute approximate surface area is 166 Å². The van der Waals surface area contributed by atoms with Crippen molar-refractivity contribution in [2.24, 2.45) is 0 Å². The fraction of sp³-hybridized carbons (Fsp3) is 0.316. The normalized spacial score (nSPS) is 15.1. The first-order valence-corrected chi connectivity index (χ1v) is 10.5. The molecule has 0 aromatic heterocycles. The number of halogens is 3. The van der Waals surface area contributed by atoms with Gasteiger partial charge in [0.25, 0.3) is 10.0 Å². The van der Waals surface area contributed by atoms with Crippen LogP contribution in [0.15, 0.2) is 53.4 Å². The molecule has 0 unspecified atom stereocenters. The molecule has 2 aromatic carbocycles. The molecular formula is C19H20F3N3O3S. The zero-order chi connectivity index (χ0) is 21.1. The summed E-state index contributed by atoms with van der Waals surface area (Å²) in [6.07, 6.45) is -1.82. The molecule has 10 heteroatoms. The average molecular weight is 427 g/mol. The van der Waals surface area contributed by atoms with Gasteiger partial charge in [0.2, 0.25) is 0 Å². The van der Waals surface area contributed by atoms with Gasteiger partial charge in [-0.15, -0.1) is 0 Å². The Morgan fingerprint density at radius 3 is 2.17 bits per heavy atom. The number of hydrogen-bond donors (Lipinski definition) is 2. The minimum atomic E-state index is -5.02. The molecule has 0 radical (unpaired) electrons. The van der Waals surface area contributed by atoms with E-state index in [-0.39, 0.29) is 10.6 Å². The molecule has 2 N–H and O–H groups in total. The number of nitrogens with zero attached hydrogens (tertiary/aromatic N) is 1. The van der Waals surface area contributed by atoms with Gasteiger partial charge in [0.1, 0.15) is 0 Å². The van der Waals surface area contributed by atoms with Gasteiger partial charge in [-0.3, -0.25) is 9.52 Å². The Hall–Kier alpha value is -2.75. The fourth-order valence-corrected chi connectivity index (χ4v) is 4.17. The Bertz CT molecular complexity index is 970. The monoisotopic (exact) mass is 427 g/mol. The number of amides is 1. The SMILES string of the molecule is O=C(Nc1ccc(S(=O)(=O)Nc2ccccc2N2CCCCC2)cc1)C(F)(F)F. The zero-order valence-corrected chi connectivity index (χ0v) is 16.2. The summed E-state index contributed by atoms with van der Waals surface area (Å²) >= 11 is 0. The van der Waals surface area contributed by atoms with E-state index in [0.29, 0.717) is 5.69 Å². The molecule has 3 rings (SSSR count). The lowest BCUT2D eigenvalue weighted by Crippen LogP contribution is -2.30. The van der Waals surface area contributed by atoms with E-state index in [1.54, 1.807) is 17.4 Å². The number of benzene rings is 2. The van der Waals surface area contributed by atoms with Crippen LogP contribution in [0.1, 0.15) is 19.3 Å². The van der Waals surface area contributed by atoms with Crippen molar-refractivity contribution in [2.45, 2.75) is 30.3 Å². The number of sulfonamides is 1. The van der Waals surface area contributed by atoms with Gasteiger partial charge in [0, 0.05) is 18.8 Å². The second kappa shape index (κ2) is 8.32. The second-order valence-electron chi connectivity index (χ2n) is 6.65. The molecule has 29 heavy (non-hydrogen) atoms. The van der Waals surface area contributed by atoms with Crippen molar-refractivity contribution < 1.29 is 26.4 Å². The molecule has 0 spiro atoms. The molecule has 1 aliphatic rings. The van der Waals surface area contributed by atoms with Crippen molar-refractivity contribution in [3.8, 4) is 0 Å². The van der Waals surface area contributed by atoms with Crippen LogP contribution in [0, 0.1) is 0 Å². The van der Waals surface area contributed by atoms with Crippen LogP contribution in [0.25, 0.3) is 0 Å². The van der Waals surface area contributed by atoms with Gasteiger partial charge in [0.05, 0.1) is 16.3 Å². The third kappa shape index (κ3) is 5.20. The van der Waals surface area contributed by atoms with Crippen LogP contribution in [0.3, 0.4) is 0 Å². The highest BCUT2D eigenvalue weighted by atomic mass is 32.2. The van der Waals surface area contributed by atoms with Crippen LogP contribution >= 0.6 is 0 Å². The van der Waals surface area contributed by atoms with Crippen LogP contribution < -0.4 is 14.9 Å². The summed E-state index contributed by atoms with van der Waals surface area (Å²) in [5, 5.41) is 1.68. The maximum atomic E-state index is 12.7. The fourth-order valence-electron chi connectivity index (χ4n) is 3.09. The second-order valence-corrected chi connectivity index (χ2v) is 8.33. The summed E-state index contributed by atoms with van der Waals surface area (Å²) in [6, 6.07) is 11.6. The number of alkyl halides is 3. The van der Waals surface area contributed by atoms with Gasteiger partial charge in [-0.1, -0.05) is 12.1 Å². The minimum absolute atomic E-state index is 0.129. The quantitative estimate of drug-likeness (QED) is 0.757. The van der Waals surface area contributed by atoms with Crippen LogP contribution in [0.2, 0.25) is 0 Å². The van der Waals surface area contributed by atoms with Crippen molar-refractivity contribution in [1.82, 2.24) is 0 Å². The van der Waals surface area contributed by atoms with Crippen molar-refractivity contribution in [3.05, 3.63) is 48.5 Å². The Morgan fingerprint density at radius 2 is 1.55 bits per heavy atom. The molecule has 1 saturated heterocycles. The number of piperidine rings is 1. The predicted molar refractivity (Wildman–Crippen MR) is 104 cm³/mol. The van der Waals surface area contributed by atoms with Crippen LogP contribution in [-0.2, 0) is 14.8 Å². The minimum Gasteiger partial charge on any atom is -0.370 e. The first-order chi connectivity index (χ1) is 13.7. The van der Waals surface area contributed by atoms with E-state index in [2.05, 4.69) is 9.62 Å². The topological polar surface area (TPSA) is 78.5 Å². The summed E-state index contributed by atoms with van der Waals surface area (Å²) < 4.78 is 65.0. The molecule has 2 aromatic rings. The van der Waals surface area contributed by atoms with E-state index in [1.165, 1.54) is 0 Å². The summed E-state index contributed by atoms with van der Waals surface area (Å²) in [7, 11) is -3.96.